The SMILES string of the molecule is O=C(OCN1C(=O)c2ccccc2C1=O)C(c1ccccc1)c1ccccc1. The average molecular weight is 371 g/mol. The van der Waals surface area contributed by atoms with Crippen molar-refractivity contribution >= 4 is 17.8 Å². The molecule has 1 aliphatic rings. The maximum atomic E-state index is 12.9. The van der Waals surface area contributed by atoms with Crippen LogP contribution < -0.4 is 0 Å². The van der Waals surface area contributed by atoms with Crippen LogP contribution in [0.2, 0.25) is 0 Å². The molecule has 28 heavy (non-hydrogen) atoms. The van der Waals surface area contributed by atoms with Gasteiger partial charge >= 0.3 is 5.97 Å². The number of carbonyl (C=O) groups is 3. The van der Waals surface area contributed by atoms with Crippen molar-refractivity contribution in [3.8, 4) is 0 Å². The van der Waals surface area contributed by atoms with Crippen LogP contribution in [0.4, 0.5) is 0 Å². The van der Waals surface area contributed by atoms with Crippen LogP contribution in [0.15, 0.2) is 84.9 Å². The van der Waals surface area contributed by atoms with Gasteiger partial charge in [-0.25, -0.2) is 4.90 Å². The van der Waals surface area contributed by atoms with E-state index in [9.17, 15) is 14.4 Å². The van der Waals surface area contributed by atoms with Gasteiger partial charge in [-0.3, -0.25) is 14.4 Å². The fraction of sp³-hybridized carbons (Fsp3) is 0.0870. The van der Waals surface area contributed by atoms with E-state index in [0.29, 0.717) is 11.1 Å². The number of hydrogen-bond donors (Lipinski definition) is 0. The van der Waals surface area contributed by atoms with Gasteiger partial charge in [0, 0.05) is 0 Å². The topological polar surface area (TPSA) is 63.7 Å². The van der Waals surface area contributed by atoms with Gasteiger partial charge in [0.25, 0.3) is 11.8 Å². The zero-order chi connectivity index (χ0) is 19.5. The van der Waals surface area contributed by atoms with Crippen LogP contribution in [0.3, 0.4) is 0 Å². The van der Waals surface area contributed by atoms with Gasteiger partial charge in [0.15, 0.2) is 6.73 Å². The molecule has 3 aromatic rings. The molecular weight excluding hydrogens is 354 g/mol. The smallest absolute Gasteiger partial charge is 0.319 e. The lowest BCUT2D eigenvalue weighted by atomic mass is 9.91. The second-order valence-corrected chi connectivity index (χ2v) is 6.43. The Balaban J connectivity index is 1.55. The highest BCUT2D eigenvalue weighted by atomic mass is 16.5. The molecule has 0 N–H and O–H groups in total. The molecule has 0 bridgehead atoms. The van der Waals surface area contributed by atoms with E-state index < -0.39 is 30.4 Å². The molecule has 138 valence electrons. The summed E-state index contributed by atoms with van der Waals surface area (Å²) in [5.74, 6) is -2.07. The summed E-state index contributed by atoms with van der Waals surface area (Å²) < 4.78 is 5.41. The van der Waals surface area contributed by atoms with Gasteiger partial charge in [-0.1, -0.05) is 72.8 Å². The fourth-order valence-electron chi connectivity index (χ4n) is 3.32. The monoisotopic (exact) mass is 371 g/mol. The van der Waals surface area contributed by atoms with E-state index in [1.807, 2.05) is 60.7 Å². The van der Waals surface area contributed by atoms with Crippen molar-refractivity contribution in [1.82, 2.24) is 4.90 Å². The van der Waals surface area contributed by atoms with Gasteiger partial charge in [0.2, 0.25) is 0 Å². The highest BCUT2D eigenvalue weighted by Crippen LogP contribution is 2.27. The summed E-state index contributed by atoms with van der Waals surface area (Å²) in [6.07, 6.45) is 0. The van der Waals surface area contributed by atoms with E-state index in [1.165, 1.54) is 0 Å². The maximum absolute atomic E-state index is 12.9. The fourth-order valence-corrected chi connectivity index (χ4v) is 3.32. The standard InChI is InChI=1S/C23H17NO4/c25-21-18-13-7-8-14-19(18)22(26)24(21)15-28-23(27)20(16-9-3-1-4-10-16)17-11-5-2-6-12-17/h1-14,20H,15H2. The summed E-state index contributed by atoms with van der Waals surface area (Å²) in [6.45, 7) is -0.415. The highest BCUT2D eigenvalue weighted by Gasteiger charge is 2.36. The number of hydrogen-bond acceptors (Lipinski definition) is 4. The normalized spacial score (nSPS) is 13.0. The van der Waals surface area contributed by atoms with Crippen molar-refractivity contribution in [2.24, 2.45) is 0 Å². The average Bonchev–Trinajstić information content (AvgIpc) is 2.99. The second kappa shape index (κ2) is 7.48. The summed E-state index contributed by atoms with van der Waals surface area (Å²) in [6, 6.07) is 25.1. The number of carbonyl (C=O) groups excluding carboxylic acids is 3. The molecule has 5 heteroatoms. The van der Waals surface area contributed by atoms with E-state index in [-0.39, 0.29) is 0 Å². The molecule has 0 fully saturated rings. The third kappa shape index (κ3) is 3.18. The molecule has 0 atom stereocenters. The Kier molecular flexibility index (Phi) is 4.72. The van der Waals surface area contributed by atoms with E-state index in [1.54, 1.807) is 24.3 Å². The van der Waals surface area contributed by atoms with Crippen LogP contribution in [0.1, 0.15) is 37.8 Å². The molecule has 0 radical (unpaired) electrons. The van der Waals surface area contributed by atoms with Crippen LogP contribution in [0.25, 0.3) is 0 Å². The predicted molar refractivity (Wildman–Crippen MR) is 103 cm³/mol. The highest BCUT2D eigenvalue weighted by molar-refractivity contribution is 6.21. The summed E-state index contributed by atoms with van der Waals surface area (Å²) in [5, 5.41) is 0. The summed E-state index contributed by atoms with van der Waals surface area (Å²) >= 11 is 0. The van der Waals surface area contributed by atoms with Gasteiger partial charge in [-0.05, 0) is 23.3 Å². The van der Waals surface area contributed by atoms with Gasteiger partial charge in [-0.15, -0.1) is 0 Å². The lowest BCUT2D eigenvalue weighted by Crippen LogP contribution is -2.34. The Bertz CT molecular complexity index is 956. The first-order valence-corrected chi connectivity index (χ1v) is 8.88. The Morgan fingerprint density at radius 3 is 1.61 bits per heavy atom. The van der Waals surface area contributed by atoms with Gasteiger partial charge in [0.1, 0.15) is 5.92 Å². The number of rotatable bonds is 5. The van der Waals surface area contributed by atoms with E-state index in [2.05, 4.69) is 0 Å². The first-order valence-electron chi connectivity index (χ1n) is 8.88. The van der Waals surface area contributed by atoms with Crippen molar-refractivity contribution in [2.75, 3.05) is 6.73 Å². The van der Waals surface area contributed by atoms with Crippen LogP contribution in [-0.2, 0) is 9.53 Å². The zero-order valence-electron chi connectivity index (χ0n) is 14.9. The predicted octanol–water partition coefficient (Wildman–Crippen LogP) is 3.62. The van der Waals surface area contributed by atoms with E-state index in [4.69, 9.17) is 4.74 Å². The number of nitrogens with zero attached hydrogens (tertiary/aromatic N) is 1. The lowest BCUT2D eigenvalue weighted by Gasteiger charge is -2.19. The molecule has 0 saturated heterocycles. The minimum absolute atomic E-state index is 0.325. The van der Waals surface area contributed by atoms with Gasteiger partial charge in [0.05, 0.1) is 11.1 Å². The van der Waals surface area contributed by atoms with Crippen LogP contribution in [0.5, 0.6) is 0 Å². The zero-order valence-corrected chi connectivity index (χ0v) is 14.9. The number of imide groups is 1. The third-order valence-electron chi connectivity index (χ3n) is 4.72. The van der Waals surface area contributed by atoms with Crippen molar-refractivity contribution in [2.45, 2.75) is 5.92 Å². The van der Waals surface area contributed by atoms with Gasteiger partial charge in [-0.2, -0.15) is 0 Å². The molecule has 0 aliphatic carbocycles. The minimum Gasteiger partial charge on any atom is -0.443 e. The molecule has 0 saturated carbocycles. The lowest BCUT2D eigenvalue weighted by molar-refractivity contribution is -0.147. The number of benzene rings is 3. The van der Waals surface area contributed by atoms with E-state index in [0.717, 1.165) is 16.0 Å². The van der Waals surface area contributed by atoms with E-state index >= 15 is 0 Å². The second-order valence-electron chi connectivity index (χ2n) is 6.43. The summed E-state index contributed by atoms with van der Waals surface area (Å²) in [7, 11) is 0. The quantitative estimate of drug-likeness (QED) is 0.508. The number of esters is 1. The Morgan fingerprint density at radius 2 is 1.14 bits per heavy atom. The molecule has 4 rings (SSSR count). The molecule has 0 aromatic heterocycles. The minimum atomic E-state index is -0.641. The number of amides is 2. The molecule has 0 spiro atoms. The molecule has 1 heterocycles. The largest absolute Gasteiger partial charge is 0.443 e. The number of fused-ring (bicyclic) bond motifs is 1. The van der Waals surface area contributed by atoms with Gasteiger partial charge < -0.3 is 4.74 Å². The Labute approximate surface area is 162 Å². The molecular formula is C23H17NO4. The van der Waals surface area contributed by atoms with Crippen LogP contribution in [0, 0.1) is 0 Å². The molecule has 5 nitrogen and oxygen atoms in total. The van der Waals surface area contributed by atoms with Crippen molar-refractivity contribution in [3.05, 3.63) is 107 Å². The Morgan fingerprint density at radius 1 is 0.714 bits per heavy atom. The van der Waals surface area contributed by atoms with Crippen molar-refractivity contribution in [3.63, 3.8) is 0 Å². The molecule has 1 aliphatic heterocycles. The first-order chi connectivity index (χ1) is 13.7. The third-order valence-corrected chi connectivity index (χ3v) is 4.72. The maximum Gasteiger partial charge on any atom is 0.319 e. The van der Waals surface area contributed by atoms with Crippen LogP contribution >= 0.6 is 0 Å². The first kappa shape index (κ1) is 17.7. The van der Waals surface area contributed by atoms with Crippen molar-refractivity contribution < 1.29 is 19.1 Å². The molecule has 0 unspecified atom stereocenters. The van der Waals surface area contributed by atoms with Crippen molar-refractivity contribution in [1.29, 1.82) is 0 Å². The number of ether oxygens (including phenoxy) is 1. The summed E-state index contributed by atoms with van der Waals surface area (Å²) in [4.78, 5) is 38.8. The summed E-state index contributed by atoms with van der Waals surface area (Å²) in [5.41, 5.74) is 2.21. The molecule has 2 amide bonds. The van der Waals surface area contributed by atoms with Crippen LogP contribution in [-0.4, -0.2) is 29.4 Å². The molecule has 3 aromatic carbocycles. The Hall–Kier alpha value is -3.73.